The summed E-state index contributed by atoms with van der Waals surface area (Å²) in [5, 5.41) is 9.04. The van der Waals surface area contributed by atoms with Crippen LogP contribution in [0.4, 0.5) is 0 Å². The highest BCUT2D eigenvalue weighted by Crippen LogP contribution is 2.45. The lowest BCUT2D eigenvalue weighted by Gasteiger charge is -2.31. The number of allylic oxidation sites excluding steroid dienone is 1. The first-order valence-electron chi connectivity index (χ1n) is 6.97. The second-order valence-electron chi connectivity index (χ2n) is 5.15. The number of carbonyl (C=O) groups excluding carboxylic acids is 1. The number of aliphatic hydroxyl groups excluding tert-OH is 1. The van der Waals surface area contributed by atoms with Crippen LogP contribution in [0.15, 0.2) is 42.2 Å². The Balaban J connectivity index is 2.22. The van der Waals surface area contributed by atoms with Gasteiger partial charge in [-0.25, -0.2) is 0 Å². The van der Waals surface area contributed by atoms with Crippen LogP contribution in [-0.4, -0.2) is 27.8 Å². The molecule has 2 aliphatic heterocycles. The highest BCUT2D eigenvalue weighted by Gasteiger charge is 2.31. The zero-order chi connectivity index (χ0) is 16.6. The zero-order valence-corrected chi connectivity index (χ0v) is 15.3. The minimum absolute atomic E-state index is 0.00934. The summed E-state index contributed by atoms with van der Waals surface area (Å²) in [6.07, 6.45) is 3.32. The largest absolute Gasteiger partial charge is 0.488 e. The van der Waals surface area contributed by atoms with Crippen molar-refractivity contribution in [2.75, 3.05) is 11.9 Å². The van der Waals surface area contributed by atoms with Crippen LogP contribution in [0.25, 0.3) is 5.57 Å². The molecule has 1 atom stereocenters. The van der Waals surface area contributed by atoms with E-state index in [-0.39, 0.29) is 11.1 Å². The van der Waals surface area contributed by atoms with E-state index in [2.05, 4.69) is 38.4 Å². The Hall–Kier alpha value is -1.37. The predicted octanol–water partition coefficient (Wildman–Crippen LogP) is 3.72. The molecule has 6 heteroatoms. The fraction of sp³-hybridized carbons (Fsp3) is 0.235. The summed E-state index contributed by atoms with van der Waals surface area (Å²) < 4.78 is 11.6. The van der Waals surface area contributed by atoms with Gasteiger partial charge in [0.2, 0.25) is 0 Å². The second kappa shape index (κ2) is 6.63. The molecule has 1 aromatic rings. The molecule has 1 N–H and O–H groups in total. The third kappa shape index (κ3) is 3.03. The molecule has 0 spiro atoms. The van der Waals surface area contributed by atoms with Crippen LogP contribution in [0.5, 0.6) is 5.75 Å². The molecular weight excluding hydrogens is 428 g/mol. The Morgan fingerprint density at radius 2 is 2.17 bits per heavy atom. The monoisotopic (exact) mass is 440 g/mol. The van der Waals surface area contributed by atoms with Gasteiger partial charge in [0, 0.05) is 27.8 Å². The lowest BCUT2D eigenvalue weighted by atomic mass is 9.88. The molecule has 23 heavy (non-hydrogen) atoms. The summed E-state index contributed by atoms with van der Waals surface area (Å²) in [5.74, 6) is 1.23. The quantitative estimate of drug-likeness (QED) is 0.571. The lowest BCUT2D eigenvalue weighted by molar-refractivity contribution is 0.102. The summed E-state index contributed by atoms with van der Waals surface area (Å²) in [4.78, 5) is 12.0. The molecule has 1 aromatic carbocycles. The minimum Gasteiger partial charge on any atom is -0.488 e. The smallest absolute Gasteiger partial charge is 0.173 e. The third-order valence-corrected chi connectivity index (χ3v) is 4.52. The minimum atomic E-state index is -0.807. The van der Waals surface area contributed by atoms with Gasteiger partial charge in [-0.3, -0.25) is 4.79 Å². The van der Waals surface area contributed by atoms with Crippen LogP contribution in [0.3, 0.4) is 0 Å². The van der Waals surface area contributed by atoms with Gasteiger partial charge in [-0.1, -0.05) is 44.5 Å². The van der Waals surface area contributed by atoms with Crippen LogP contribution in [0.2, 0.25) is 0 Å². The topological polar surface area (TPSA) is 55.8 Å². The number of ether oxygens (including phenoxy) is 2. The lowest BCUT2D eigenvalue weighted by Crippen LogP contribution is -2.20. The summed E-state index contributed by atoms with van der Waals surface area (Å²) in [5.41, 5.74) is 4.13. The molecule has 0 saturated carbocycles. The number of ketones is 1. The van der Waals surface area contributed by atoms with Crippen LogP contribution >= 0.6 is 31.9 Å². The fourth-order valence-corrected chi connectivity index (χ4v) is 3.30. The van der Waals surface area contributed by atoms with Gasteiger partial charge in [-0.05, 0) is 18.2 Å². The number of rotatable bonds is 4. The van der Waals surface area contributed by atoms with Crippen molar-refractivity contribution in [2.45, 2.75) is 11.6 Å². The van der Waals surface area contributed by atoms with Gasteiger partial charge in [0.25, 0.3) is 0 Å². The van der Waals surface area contributed by atoms with Crippen LogP contribution in [-0.2, 0) is 11.3 Å². The normalized spacial score (nSPS) is 18.8. The summed E-state index contributed by atoms with van der Waals surface area (Å²) >= 11 is 6.29. The Kier molecular flexibility index (Phi) is 4.75. The molecule has 0 saturated heterocycles. The van der Waals surface area contributed by atoms with Crippen molar-refractivity contribution >= 4 is 43.2 Å². The van der Waals surface area contributed by atoms with E-state index in [1.807, 2.05) is 6.07 Å². The average molecular weight is 442 g/mol. The van der Waals surface area contributed by atoms with Crippen molar-refractivity contribution in [1.29, 1.82) is 0 Å². The van der Waals surface area contributed by atoms with E-state index in [4.69, 9.17) is 9.47 Å². The Labute approximate surface area is 150 Å². The Morgan fingerprint density at radius 3 is 2.83 bits per heavy atom. The summed E-state index contributed by atoms with van der Waals surface area (Å²) in [6, 6.07) is 3.59. The maximum atomic E-state index is 12.0. The molecule has 1 unspecified atom stereocenters. The molecule has 0 aliphatic carbocycles. The molecule has 0 amide bonds. The van der Waals surface area contributed by atoms with Gasteiger partial charge in [0.15, 0.2) is 5.78 Å². The van der Waals surface area contributed by atoms with Crippen molar-refractivity contribution < 1.29 is 19.4 Å². The number of halogens is 2. The standard InChI is InChI=1S/C17H14Br2O4/c1-2-9-7-22-13-4-10(12(20)6-18)3-11-8-23-14(5-15(19)21)16(9)17(11)13/h2-5,15,21H,1,6-8H2/b14-5+. The Morgan fingerprint density at radius 1 is 1.39 bits per heavy atom. The number of carbonyl (C=O) groups is 1. The summed E-state index contributed by atoms with van der Waals surface area (Å²) in [7, 11) is 0. The maximum Gasteiger partial charge on any atom is 0.173 e. The number of hydrogen-bond donors (Lipinski definition) is 1. The van der Waals surface area contributed by atoms with Crippen molar-refractivity contribution in [3.8, 4) is 5.75 Å². The van der Waals surface area contributed by atoms with Gasteiger partial charge >= 0.3 is 0 Å². The van der Waals surface area contributed by atoms with Crippen LogP contribution in [0.1, 0.15) is 21.5 Å². The first-order chi connectivity index (χ1) is 11.0. The van der Waals surface area contributed by atoms with Crippen LogP contribution in [0, 0.1) is 0 Å². The Bertz CT molecular complexity index is 747. The molecule has 0 bridgehead atoms. The van der Waals surface area contributed by atoms with Crippen molar-refractivity contribution in [3.63, 3.8) is 0 Å². The first kappa shape index (κ1) is 16.5. The van der Waals surface area contributed by atoms with Gasteiger partial charge < -0.3 is 14.6 Å². The number of aliphatic hydroxyl groups is 1. The number of benzene rings is 1. The number of hydrogen-bond acceptors (Lipinski definition) is 4. The molecule has 4 nitrogen and oxygen atoms in total. The van der Waals surface area contributed by atoms with E-state index in [0.717, 1.165) is 22.3 Å². The van der Waals surface area contributed by atoms with E-state index >= 15 is 0 Å². The van der Waals surface area contributed by atoms with E-state index < -0.39 is 5.01 Å². The maximum absolute atomic E-state index is 12.0. The molecule has 3 rings (SSSR count). The highest BCUT2D eigenvalue weighted by atomic mass is 79.9. The summed E-state index contributed by atoms with van der Waals surface area (Å²) in [6.45, 7) is 4.48. The van der Waals surface area contributed by atoms with Gasteiger partial charge in [0.05, 0.1) is 5.33 Å². The van der Waals surface area contributed by atoms with Gasteiger partial charge in [-0.2, -0.15) is 0 Å². The number of Topliss-reactive ketones (excluding diaryl/α,β-unsaturated/α-hetero) is 1. The fourth-order valence-electron chi connectivity index (χ4n) is 2.74. The van der Waals surface area contributed by atoms with E-state index in [1.54, 1.807) is 18.2 Å². The number of alkyl halides is 2. The molecular formula is C17H14Br2O4. The van der Waals surface area contributed by atoms with Crippen molar-refractivity contribution in [2.24, 2.45) is 0 Å². The molecule has 2 heterocycles. The van der Waals surface area contributed by atoms with Crippen molar-refractivity contribution in [3.05, 3.63) is 58.9 Å². The molecule has 120 valence electrons. The van der Waals surface area contributed by atoms with E-state index in [9.17, 15) is 9.90 Å². The van der Waals surface area contributed by atoms with Crippen LogP contribution < -0.4 is 4.74 Å². The highest BCUT2D eigenvalue weighted by molar-refractivity contribution is 9.09. The molecule has 0 fully saturated rings. The van der Waals surface area contributed by atoms with Gasteiger partial charge in [-0.15, -0.1) is 0 Å². The second-order valence-corrected chi connectivity index (χ2v) is 6.65. The average Bonchev–Trinajstić information content (AvgIpc) is 2.55. The van der Waals surface area contributed by atoms with Gasteiger partial charge in [0.1, 0.15) is 29.7 Å². The molecule has 0 aromatic heterocycles. The molecule has 0 radical (unpaired) electrons. The predicted molar refractivity (Wildman–Crippen MR) is 95.0 cm³/mol. The third-order valence-electron chi connectivity index (χ3n) is 3.75. The van der Waals surface area contributed by atoms with E-state index in [0.29, 0.717) is 30.3 Å². The zero-order valence-electron chi connectivity index (χ0n) is 12.1. The molecule has 2 aliphatic rings. The SMILES string of the molecule is C=CC1=C2/C(=C\C(O)Br)OCc3cc(C(=O)CBr)cc(c32)OC1. The first-order valence-corrected chi connectivity index (χ1v) is 9.00. The van der Waals surface area contributed by atoms with Crippen molar-refractivity contribution in [1.82, 2.24) is 0 Å². The van der Waals surface area contributed by atoms with E-state index in [1.165, 1.54) is 0 Å².